The van der Waals surface area contributed by atoms with Crippen LogP contribution in [0.15, 0.2) is 95.6 Å². The van der Waals surface area contributed by atoms with E-state index in [2.05, 4.69) is 31.9 Å². The van der Waals surface area contributed by atoms with E-state index >= 15 is 0 Å². The second-order valence-electron chi connectivity index (χ2n) is 7.45. The molecule has 0 fully saturated rings. The van der Waals surface area contributed by atoms with Gasteiger partial charge in [0.1, 0.15) is 5.82 Å². The first-order valence-corrected chi connectivity index (χ1v) is 10.7. The zero-order valence-corrected chi connectivity index (χ0v) is 18.1. The molecule has 2 heterocycles. The minimum Gasteiger partial charge on any atom is -0.318 e. The topological polar surface area (TPSA) is 37.3 Å². The standard InChI is InChI=1S/C25H19BrFN3O/c26-19-9-13-21(14-10-19)28-25(31)30-16-18-4-1-2-5-22(18)29-15-3-6-23(29)24(30)17-7-11-20(27)12-8-17/h1-15,24H,16H2,(H,28,31). The zero-order chi connectivity index (χ0) is 21.4. The number of anilines is 1. The van der Waals surface area contributed by atoms with Gasteiger partial charge in [-0.15, -0.1) is 0 Å². The van der Waals surface area contributed by atoms with E-state index in [-0.39, 0.29) is 17.9 Å². The fourth-order valence-corrected chi connectivity index (χ4v) is 4.33. The lowest BCUT2D eigenvalue weighted by Gasteiger charge is -2.31. The van der Waals surface area contributed by atoms with Crippen LogP contribution in [0.3, 0.4) is 0 Å². The highest BCUT2D eigenvalue weighted by Crippen LogP contribution is 2.37. The third-order valence-corrected chi connectivity index (χ3v) is 6.03. The van der Waals surface area contributed by atoms with Crippen LogP contribution in [-0.4, -0.2) is 15.5 Å². The van der Waals surface area contributed by atoms with Gasteiger partial charge in [0.2, 0.25) is 0 Å². The van der Waals surface area contributed by atoms with E-state index in [1.165, 1.54) is 12.1 Å². The number of hydrogen-bond acceptors (Lipinski definition) is 1. The van der Waals surface area contributed by atoms with Gasteiger partial charge in [0.05, 0.1) is 18.3 Å². The summed E-state index contributed by atoms with van der Waals surface area (Å²) < 4.78 is 16.7. The lowest BCUT2D eigenvalue weighted by Crippen LogP contribution is -2.37. The molecule has 0 bridgehead atoms. The van der Waals surface area contributed by atoms with Gasteiger partial charge in [-0.25, -0.2) is 9.18 Å². The van der Waals surface area contributed by atoms with Crippen LogP contribution in [0.2, 0.25) is 0 Å². The van der Waals surface area contributed by atoms with Crippen LogP contribution in [0.5, 0.6) is 0 Å². The lowest BCUT2D eigenvalue weighted by molar-refractivity contribution is 0.194. The number of nitrogens with zero attached hydrogens (tertiary/aromatic N) is 2. The van der Waals surface area contributed by atoms with Crippen molar-refractivity contribution in [2.75, 3.05) is 5.32 Å². The monoisotopic (exact) mass is 475 g/mol. The molecule has 0 saturated heterocycles. The summed E-state index contributed by atoms with van der Waals surface area (Å²) >= 11 is 3.42. The number of rotatable bonds is 2. The number of hydrogen-bond donors (Lipinski definition) is 1. The Morgan fingerprint density at radius 1 is 0.935 bits per heavy atom. The summed E-state index contributed by atoms with van der Waals surface area (Å²) in [4.78, 5) is 15.3. The van der Waals surface area contributed by atoms with E-state index < -0.39 is 0 Å². The Bertz CT molecular complexity index is 1230. The first kappa shape index (κ1) is 19.6. The van der Waals surface area contributed by atoms with Gasteiger partial charge in [0.15, 0.2) is 0 Å². The number of urea groups is 1. The SMILES string of the molecule is O=C(Nc1ccc(Br)cc1)N1Cc2ccccc2-n2cccc2C1c1ccc(F)cc1. The largest absolute Gasteiger partial charge is 0.322 e. The minimum absolute atomic E-state index is 0.221. The fourth-order valence-electron chi connectivity index (χ4n) is 4.06. The minimum atomic E-state index is -0.376. The van der Waals surface area contributed by atoms with Gasteiger partial charge >= 0.3 is 6.03 Å². The summed E-state index contributed by atoms with van der Waals surface area (Å²) in [6.07, 6.45) is 2.00. The van der Waals surface area contributed by atoms with Crippen LogP contribution in [-0.2, 0) is 6.54 Å². The number of nitrogens with one attached hydrogen (secondary N) is 1. The molecule has 1 aliphatic rings. The second-order valence-corrected chi connectivity index (χ2v) is 8.37. The third kappa shape index (κ3) is 3.75. The first-order valence-electron chi connectivity index (χ1n) is 9.94. The Hall–Kier alpha value is -3.38. The van der Waals surface area contributed by atoms with Crippen molar-refractivity contribution in [1.29, 1.82) is 0 Å². The van der Waals surface area contributed by atoms with Gasteiger partial charge < -0.3 is 14.8 Å². The Kier molecular flexibility index (Phi) is 5.08. The van der Waals surface area contributed by atoms with Crippen molar-refractivity contribution in [1.82, 2.24) is 9.47 Å². The Morgan fingerprint density at radius 2 is 1.68 bits per heavy atom. The second kappa shape index (κ2) is 8.04. The lowest BCUT2D eigenvalue weighted by atomic mass is 10.0. The molecule has 5 rings (SSSR count). The molecule has 1 N–H and O–H groups in total. The van der Waals surface area contributed by atoms with Gasteiger partial charge in [-0.1, -0.05) is 46.3 Å². The predicted molar refractivity (Wildman–Crippen MR) is 123 cm³/mol. The van der Waals surface area contributed by atoms with E-state index in [9.17, 15) is 9.18 Å². The van der Waals surface area contributed by atoms with E-state index in [1.807, 2.05) is 60.8 Å². The van der Waals surface area contributed by atoms with Gasteiger partial charge in [0, 0.05) is 22.1 Å². The van der Waals surface area contributed by atoms with Gasteiger partial charge in [-0.05, 0) is 65.7 Å². The van der Waals surface area contributed by atoms with Crippen LogP contribution in [0.25, 0.3) is 5.69 Å². The Balaban J connectivity index is 1.62. The number of fused-ring (bicyclic) bond motifs is 3. The third-order valence-electron chi connectivity index (χ3n) is 5.51. The average Bonchev–Trinajstić information content (AvgIpc) is 3.20. The highest BCUT2D eigenvalue weighted by atomic mass is 79.9. The normalized spacial score (nSPS) is 15.0. The number of aromatic nitrogens is 1. The van der Waals surface area contributed by atoms with Crippen LogP contribution >= 0.6 is 15.9 Å². The average molecular weight is 476 g/mol. The molecule has 0 saturated carbocycles. The van der Waals surface area contributed by atoms with Crippen molar-refractivity contribution in [2.45, 2.75) is 12.6 Å². The number of para-hydroxylation sites is 1. The van der Waals surface area contributed by atoms with Crippen molar-refractivity contribution in [3.63, 3.8) is 0 Å². The number of benzene rings is 3. The molecule has 4 aromatic rings. The molecule has 3 aromatic carbocycles. The van der Waals surface area contributed by atoms with E-state index in [1.54, 1.807) is 17.0 Å². The van der Waals surface area contributed by atoms with Crippen molar-refractivity contribution in [2.24, 2.45) is 0 Å². The van der Waals surface area contributed by atoms with Crippen molar-refractivity contribution < 1.29 is 9.18 Å². The molecule has 31 heavy (non-hydrogen) atoms. The number of carbonyl (C=O) groups is 1. The van der Waals surface area contributed by atoms with Crippen LogP contribution < -0.4 is 5.32 Å². The maximum atomic E-state index is 13.7. The molecule has 0 radical (unpaired) electrons. The smallest absolute Gasteiger partial charge is 0.318 e. The molecule has 1 atom stereocenters. The molecular weight excluding hydrogens is 457 g/mol. The number of carbonyl (C=O) groups excluding carboxylic acids is 1. The maximum absolute atomic E-state index is 13.7. The summed E-state index contributed by atoms with van der Waals surface area (Å²) in [6, 6.07) is 25.3. The molecule has 0 aliphatic carbocycles. The van der Waals surface area contributed by atoms with Crippen LogP contribution in [0.1, 0.15) is 22.9 Å². The molecule has 1 unspecified atom stereocenters. The molecule has 4 nitrogen and oxygen atoms in total. The van der Waals surface area contributed by atoms with E-state index in [0.717, 1.165) is 27.0 Å². The summed E-state index contributed by atoms with van der Waals surface area (Å²) in [5.74, 6) is -0.304. The predicted octanol–water partition coefficient (Wildman–Crippen LogP) is 6.52. The molecule has 1 aliphatic heterocycles. The molecule has 2 amide bonds. The van der Waals surface area contributed by atoms with Crippen molar-refractivity contribution in [3.8, 4) is 5.69 Å². The fraction of sp³-hybridized carbons (Fsp3) is 0.0800. The van der Waals surface area contributed by atoms with Gasteiger partial charge in [-0.2, -0.15) is 0 Å². The van der Waals surface area contributed by atoms with Gasteiger partial charge in [-0.3, -0.25) is 0 Å². The molecule has 0 spiro atoms. The summed E-state index contributed by atoms with van der Waals surface area (Å²) in [6.45, 7) is 0.419. The highest BCUT2D eigenvalue weighted by Gasteiger charge is 2.33. The number of halogens is 2. The van der Waals surface area contributed by atoms with E-state index in [4.69, 9.17) is 0 Å². The zero-order valence-electron chi connectivity index (χ0n) is 16.5. The Morgan fingerprint density at radius 3 is 2.45 bits per heavy atom. The number of amides is 2. The quantitative estimate of drug-likeness (QED) is 0.352. The molecule has 6 heteroatoms. The molecule has 1 aromatic heterocycles. The van der Waals surface area contributed by atoms with Crippen LogP contribution in [0.4, 0.5) is 14.9 Å². The van der Waals surface area contributed by atoms with E-state index in [0.29, 0.717) is 12.2 Å². The molecular formula is C25H19BrFN3O. The Labute approximate surface area is 188 Å². The molecule has 154 valence electrons. The first-order chi connectivity index (χ1) is 15.1. The summed E-state index contributed by atoms with van der Waals surface area (Å²) in [5.41, 5.74) is 4.57. The van der Waals surface area contributed by atoms with Crippen LogP contribution in [0, 0.1) is 5.82 Å². The highest BCUT2D eigenvalue weighted by molar-refractivity contribution is 9.10. The summed E-state index contributed by atoms with van der Waals surface area (Å²) in [5, 5.41) is 3.01. The maximum Gasteiger partial charge on any atom is 0.322 e. The van der Waals surface area contributed by atoms with Gasteiger partial charge in [0.25, 0.3) is 0 Å². The van der Waals surface area contributed by atoms with Crippen molar-refractivity contribution in [3.05, 3.63) is 118 Å². The van der Waals surface area contributed by atoms with Crippen molar-refractivity contribution >= 4 is 27.6 Å². The summed E-state index contributed by atoms with van der Waals surface area (Å²) in [7, 11) is 0.